The quantitative estimate of drug-likeness (QED) is 0.818. The number of rotatable bonds is 5. The Morgan fingerprint density at radius 3 is 2.89 bits per heavy atom. The molecular formula is C15H22N2S. The van der Waals surface area contributed by atoms with E-state index in [-0.39, 0.29) is 0 Å². The van der Waals surface area contributed by atoms with Crippen molar-refractivity contribution in [3.05, 3.63) is 24.3 Å². The van der Waals surface area contributed by atoms with Gasteiger partial charge >= 0.3 is 0 Å². The van der Waals surface area contributed by atoms with Crippen LogP contribution in [0.4, 0.5) is 5.69 Å². The molecule has 2 fully saturated rings. The Kier molecular flexibility index (Phi) is 3.80. The van der Waals surface area contributed by atoms with Gasteiger partial charge in [-0.3, -0.25) is 4.90 Å². The van der Waals surface area contributed by atoms with Crippen LogP contribution in [0.2, 0.25) is 0 Å². The highest BCUT2D eigenvalue weighted by Gasteiger charge is 2.34. The molecule has 3 rings (SSSR count). The summed E-state index contributed by atoms with van der Waals surface area (Å²) in [5, 5.41) is 3.74. The minimum Gasteiger partial charge on any atom is -0.380 e. The van der Waals surface area contributed by atoms with Gasteiger partial charge in [0.15, 0.2) is 0 Å². The van der Waals surface area contributed by atoms with Crippen molar-refractivity contribution in [3.63, 3.8) is 0 Å². The monoisotopic (exact) mass is 262 g/mol. The number of thioether (sulfide) groups is 1. The van der Waals surface area contributed by atoms with Crippen molar-refractivity contribution in [1.29, 1.82) is 0 Å². The summed E-state index contributed by atoms with van der Waals surface area (Å²) >= 11 is 1.93. The lowest BCUT2D eigenvalue weighted by Crippen LogP contribution is -2.27. The number of nitrogens with one attached hydrogen (secondary N) is 1. The van der Waals surface area contributed by atoms with Gasteiger partial charge in [-0.15, -0.1) is 11.8 Å². The summed E-state index contributed by atoms with van der Waals surface area (Å²) in [7, 11) is 0. The van der Waals surface area contributed by atoms with E-state index in [1.54, 1.807) is 0 Å². The van der Waals surface area contributed by atoms with Gasteiger partial charge in [-0.05, 0) is 37.1 Å². The molecule has 1 heterocycles. The number of nitrogens with zero attached hydrogens (tertiary/aromatic N) is 1. The van der Waals surface area contributed by atoms with Crippen LogP contribution in [0.15, 0.2) is 29.2 Å². The van der Waals surface area contributed by atoms with E-state index in [1.807, 2.05) is 11.8 Å². The molecule has 98 valence electrons. The number of para-hydroxylation sites is 1. The Hall–Kier alpha value is -0.670. The Labute approximate surface area is 114 Å². The predicted octanol–water partition coefficient (Wildman–Crippen LogP) is 3.45. The topological polar surface area (TPSA) is 15.3 Å². The van der Waals surface area contributed by atoms with Crippen LogP contribution in [0.25, 0.3) is 0 Å². The lowest BCUT2D eigenvalue weighted by atomic mass is 10.2. The van der Waals surface area contributed by atoms with Crippen LogP contribution in [-0.2, 0) is 0 Å². The summed E-state index contributed by atoms with van der Waals surface area (Å²) in [5.41, 5.74) is 1.33. The van der Waals surface area contributed by atoms with E-state index < -0.39 is 0 Å². The highest BCUT2D eigenvalue weighted by molar-refractivity contribution is 7.99. The molecule has 1 atom stereocenters. The summed E-state index contributed by atoms with van der Waals surface area (Å²) in [6, 6.07) is 10.3. The van der Waals surface area contributed by atoms with Gasteiger partial charge in [-0.1, -0.05) is 19.1 Å². The van der Waals surface area contributed by atoms with Crippen molar-refractivity contribution >= 4 is 17.4 Å². The average Bonchev–Trinajstić information content (AvgIpc) is 3.13. The van der Waals surface area contributed by atoms with Crippen molar-refractivity contribution in [2.45, 2.75) is 43.2 Å². The number of anilines is 1. The largest absolute Gasteiger partial charge is 0.380 e. The van der Waals surface area contributed by atoms with Crippen molar-refractivity contribution in [1.82, 2.24) is 4.90 Å². The zero-order valence-electron chi connectivity index (χ0n) is 11.1. The first-order valence-corrected chi connectivity index (χ1v) is 8.08. The summed E-state index contributed by atoms with van der Waals surface area (Å²) in [5.74, 6) is 1.14. The fourth-order valence-electron chi connectivity index (χ4n) is 2.76. The van der Waals surface area contributed by atoms with Crippen molar-refractivity contribution in [3.8, 4) is 0 Å². The van der Waals surface area contributed by atoms with Crippen molar-refractivity contribution in [2.24, 2.45) is 0 Å². The standard InChI is InChI=1S/C15H22N2S/c1-2-18-15-6-4-3-5-14(15)16-12-9-10-17(11-12)13-7-8-13/h3-6,12-13,16H,2,7-11H2,1H3. The maximum atomic E-state index is 3.74. The van der Waals surface area contributed by atoms with Crippen molar-refractivity contribution < 1.29 is 0 Å². The second-order valence-corrected chi connectivity index (χ2v) is 6.59. The van der Waals surface area contributed by atoms with Crippen LogP contribution in [0, 0.1) is 0 Å². The molecule has 1 unspecified atom stereocenters. The summed E-state index contributed by atoms with van der Waals surface area (Å²) in [6.45, 7) is 4.73. The van der Waals surface area contributed by atoms with Crippen LogP contribution in [0.5, 0.6) is 0 Å². The Morgan fingerprint density at radius 2 is 2.11 bits per heavy atom. The second kappa shape index (κ2) is 5.54. The molecule has 1 aliphatic carbocycles. The molecular weight excluding hydrogens is 240 g/mol. The fourth-order valence-corrected chi connectivity index (χ4v) is 3.53. The van der Waals surface area contributed by atoms with E-state index in [0.717, 1.165) is 11.8 Å². The molecule has 1 N–H and O–H groups in total. The molecule has 0 spiro atoms. The third-order valence-corrected chi connectivity index (χ3v) is 4.79. The van der Waals surface area contributed by atoms with Crippen LogP contribution in [-0.4, -0.2) is 35.8 Å². The van der Waals surface area contributed by atoms with Gasteiger partial charge in [0.1, 0.15) is 0 Å². The number of hydrogen-bond acceptors (Lipinski definition) is 3. The molecule has 0 aromatic heterocycles. The third-order valence-electron chi connectivity index (χ3n) is 3.83. The summed E-state index contributed by atoms with van der Waals surface area (Å²) in [6.07, 6.45) is 4.14. The molecule has 1 saturated heterocycles. The highest BCUT2D eigenvalue weighted by atomic mass is 32.2. The Balaban J connectivity index is 1.62. The van der Waals surface area contributed by atoms with E-state index in [1.165, 1.54) is 42.9 Å². The lowest BCUT2D eigenvalue weighted by Gasteiger charge is -2.18. The molecule has 18 heavy (non-hydrogen) atoms. The van der Waals surface area contributed by atoms with Gasteiger partial charge in [-0.2, -0.15) is 0 Å². The predicted molar refractivity (Wildman–Crippen MR) is 79.5 cm³/mol. The normalized spacial score (nSPS) is 24.4. The lowest BCUT2D eigenvalue weighted by molar-refractivity contribution is 0.326. The molecule has 1 aromatic carbocycles. The van der Waals surface area contributed by atoms with Gasteiger partial charge in [0.2, 0.25) is 0 Å². The zero-order valence-corrected chi connectivity index (χ0v) is 11.9. The maximum Gasteiger partial charge on any atom is 0.0480 e. The molecule has 1 aliphatic heterocycles. The van der Waals surface area contributed by atoms with Crippen LogP contribution < -0.4 is 5.32 Å². The highest BCUT2D eigenvalue weighted by Crippen LogP contribution is 2.32. The first-order valence-electron chi connectivity index (χ1n) is 7.09. The molecule has 0 amide bonds. The molecule has 2 nitrogen and oxygen atoms in total. The molecule has 0 radical (unpaired) electrons. The van der Waals surface area contributed by atoms with Crippen LogP contribution in [0.3, 0.4) is 0 Å². The van der Waals surface area contributed by atoms with Crippen LogP contribution in [0.1, 0.15) is 26.2 Å². The molecule has 2 aliphatic rings. The van der Waals surface area contributed by atoms with Gasteiger partial charge in [0, 0.05) is 35.8 Å². The average molecular weight is 262 g/mol. The van der Waals surface area contributed by atoms with Gasteiger partial charge in [0.25, 0.3) is 0 Å². The first-order chi connectivity index (χ1) is 8.86. The fraction of sp³-hybridized carbons (Fsp3) is 0.600. The molecule has 0 bridgehead atoms. The Morgan fingerprint density at radius 1 is 1.28 bits per heavy atom. The van der Waals surface area contributed by atoms with Gasteiger partial charge in [0.05, 0.1) is 0 Å². The van der Waals surface area contributed by atoms with Crippen molar-refractivity contribution in [2.75, 3.05) is 24.2 Å². The second-order valence-electron chi connectivity index (χ2n) is 5.29. The number of benzene rings is 1. The summed E-state index contributed by atoms with van der Waals surface area (Å²) in [4.78, 5) is 4.05. The smallest absolute Gasteiger partial charge is 0.0480 e. The SMILES string of the molecule is CCSc1ccccc1NC1CCN(C2CC2)C1. The minimum absolute atomic E-state index is 0.643. The van der Waals surface area contributed by atoms with E-state index >= 15 is 0 Å². The van der Waals surface area contributed by atoms with E-state index in [9.17, 15) is 0 Å². The maximum absolute atomic E-state index is 3.74. The van der Waals surface area contributed by atoms with E-state index in [0.29, 0.717) is 6.04 Å². The van der Waals surface area contributed by atoms with E-state index in [2.05, 4.69) is 41.4 Å². The van der Waals surface area contributed by atoms with Crippen LogP contribution >= 0.6 is 11.8 Å². The number of hydrogen-bond donors (Lipinski definition) is 1. The third kappa shape index (κ3) is 2.83. The molecule has 1 saturated carbocycles. The zero-order chi connectivity index (χ0) is 12.4. The Bertz CT molecular complexity index is 403. The molecule has 1 aromatic rings. The summed E-state index contributed by atoms with van der Waals surface area (Å²) < 4.78 is 0. The molecule has 3 heteroatoms. The number of likely N-dealkylation sites (tertiary alicyclic amines) is 1. The van der Waals surface area contributed by atoms with Gasteiger partial charge in [-0.25, -0.2) is 0 Å². The van der Waals surface area contributed by atoms with Gasteiger partial charge < -0.3 is 5.32 Å². The van der Waals surface area contributed by atoms with E-state index in [4.69, 9.17) is 0 Å². The first kappa shape index (κ1) is 12.4. The minimum atomic E-state index is 0.643.